The molecule has 3 nitrogen and oxygen atoms in total. The Kier molecular flexibility index (Phi) is 5.12. The van der Waals surface area contributed by atoms with Crippen LogP contribution in [-0.2, 0) is 4.79 Å². The largest absolute Gasteiger partial charge is 0.511 e. The number of rotatable bonds is 4. The minimum Gasteiger partial charge on any atom is -0.511 e. The lowest BCUT2D eigenvalue weighted by Crippen LogP contribution is -2.27. The molecule has 0 heterocycles. The van der Waals surface area contributed by atoms with E-state index in [1.807, 2.05) is 30.3 Å². The first-order chi connectivity index (χ1) is 9.97. The van der Waals surface area contributed by atoms with Crippen molar-refractivity contribution in [3.63, 3.8) is 0 Å². The summed E-state index contributed by atoms with van der Waals surface area (Å²) < 4.78 is 0. The van der Waals surface area contributed by atoms with Gasteiger partial charge in [-0.3, -0.25) is 4.79 Å². The van der Waals surface area contributed by atoms with E-state index in [1.165, 1.54) is 0 Å². The number of nitrogens with one attached hydrogen (secondary N) is 1. The van der Waals surface area contributed by atoms with Crippen molar-refractivity contribution in [2.24, 2.45) is 11.8 Å². The first kappa shape index (κ1) is 15.7. The van der Waals surface area contributed by atoms with E-state index < -0.39 is 0 Å². The van der Waals surface area contributed by atoms with Crippen molar-refractivity contribution in [1.82, 2.24) is 0 Å². The van der Waals surface area contributed by atoms with Crippen LogP contribution in [0.1, 0.15) is 33.1 Å². The highest BCUT2D eigenvalue weighted by molar-refractivity contribution is 7.81. The molecule has 0 bridgehead atoms. The van der Waals surface area contributed by atoms with Crippen LogP contribution in [0, 0.1) is 11.8 Å². The Morgan fingerprint density at radius 1 is 1.33 bits per heavy atom. The van der Waals surface area contributed by atoms with E-state index in [0.29, 0.717) is 23.7 Å². The number of benzene rings is 1. The maximum absolute atomic E-state index is 12.3. The van der Waals surface area contributed by atoms with E-state index in [9.17, 15) is 9.90 Å². The molecule has 0 saturated heterocycles. The van der Waals surface area contributed by atoms with Gasteiger partial charge in [0.1, 0.15) is 10.7 Å². The number of anilines is 1. The molecule has 1 aromatic carbocycles. The van der Waals surface area contributed by atoms with Crippen molar-refractivity contribution in [3.05, 3.63) is 41.7 Å². The highest BCUT2D eigenvalue weighted by Crippen LogP contribution is 2.31. The van der Waals surface area contributed by atoms with E-state index in [0.717, 1.165) is 12.1 Å². The fourth-order valence-electron chi connectivity index (χ4n) is 2.78. The van der Waals surface area contributed by atoms with Crippen molar-refractivity contribution in [1.29, 1.82) is 0 Å². The molecule has 1 atom stereocenters. The lowest BCUT2D eigenvalue weighted by molar-refractivity contribution is -0.116. The Morgan fingerprint density at radius 3 is 2.57 bits per heavy atom. The molecule has 1 aliphatic rings. The van der Waals surface area contributed by atoms with E-state index >= 15 is 0 Å². The van der Waals surface area contributed by atoms with Crippen molar-refractivity contribution in [3.8, 4) is 0 Å². The Hall–Kier alpha value is -1.68. The van der Waals surface area contributed by atoms with Crippen LogP contribution in [0.25, 0.3) is 0 Å². The number of aliphatic hydroxyl groups is 1. The van der Waals surface area contributed by atoms with Crippen molar-refractivity contribution >= 4 is 28.7 Å². The van der Waals surface area contributed by atoms with Crippen LogP contribution in [-0.4, -0.2) is 15.9 Å². The molecule has 0 amide bonds. The molecule has 0 fully saturated rings. The monoisotopic (exact) mass is 303 g/mol. The summed E-state index contributed by atoms with van der Waals surface area (Å²) in [6.45, 7) is 4.25. The molecule has 21 heavy (non-hydrogen) atoms. The van der Waals surface area contributed by atoms with Gasteiger partial charge in [-0.05, 0) is 30.4 Å². The molecular formula is C17H21NO2S. The van der Waals surface area contributed by atoms with Crippen molar-refractivity contribution < 1.29 is 9.90 Å². The molecule has 1 aromatic rings. The fraction of sp³-hybridized carbons (Fsp3) is 0.412. The summed E-state index contributed by atoms with van der Waals surface area (Å²) in [6.07, 6.45) is 1.95. The van der Waals surface area contributed by atoms with Gasteiger partial charge < -0.3 is 10.4 Å². The van der Waals surface area contributed by atoms with Gasteiger partial charge in [-0.1, -0.05) is 44.3 Å². The van der Waals surface area contributed by atoms with E-state index in [2.05, 4.69) is 19.2 Å². The Morgan fingerprint density at radius 2 is 2.00 bits per heavy atom. The van der Waals surface area contributed by atoms with Crippen LogP contribution in [0.2, 0.25) is 0 Å². The minimum absolute atomic E-state index is 0.0576. The highest BCUT2D eigenvalue weighted by Gasteiger charge is 2.30. The number of Topliss-reactive ketones (excluding diaryl/α,β-unsaturated/α-hetero) is 1. The SMILES string of the molecule is CC(C)C[C@H]1CC(=O)C(C(=S)Nc2ccccc2)=C(O)C1. The number of thiocarbonyl (C=S) groups is 1. The standard InChI is InChI=1S/C17H21NO2S/c1-11(2)8-12-9-14(19)16(15(20)10-12)17(21)18-13-6-4-3-5-7-13/h3-7,11-12,19H,8-10H2,1-2H3,(H,18,21)/t12-/m1/s1. The number of carbonyl (C=O) groups excluding carboxylic acids is 1. The molecule has 0 aliphatic heterocycles. The van der Waals surface area contributed by atoms with Crippen LogP contribution >= 0.6 is 12.2 Å². The maximum atomic E-state index is 12.3. The highest BCUT2D eigenvalue weighted by atomic mass is 32.1. The van der Waals surface area contributed by atoms with Gasteiger partial charge in [0.25, 0.3) is 0 Å². The Labute approximate surface area is 131 Å². The van der Waals surface area contributed by atoms with E-state index in [-0.39, 0.29) is 23.0 Å². The number of carbonyl (C=O) groups is 1. The number of allylic oxidation sites excluding steroid dienone is 1. The van der Waals surface area contributed by atoms with Gasteiger partial charge in [0.05, 0.1) is 5.57 Å². The molecule has 4 heteroatoms. The van der Waals surface area contributed by atoms with Crippen LogP contribution in [0.15, 0.2) is 41.7 Å². The smallest absolute Gasteiger partial charge is 0.169 e. The summed E-state index contributed by atoms with van der Waals surface area (Å²) in [5, 5.41) is 13.2. The molecule has 0 spiro atoms. The summed E-state index contributed by atoms with van der Waals surface area (Å²) in [5.74, 6) is 0.815. The van der Waals surface area contributed by atoms with Crippen molar-refractivity contribution in [2.45, 2.75) is 33.1 Å². The number of hydrogen-bond acceptors (Lipinski definition) is 3. The van der Waals surface area contributed by atoms with Crippen LogP contribution < -0.4 is 5.32 Å². The fourth-order valence-corrected chi connectivity index (χ4v) is 3.13. The molecule has 0 saturated carbocycles. The number of aliphatic hydroxyl groups excluding tert-OH is 1. The number of hydrogen-bond donors (Lipinski definition) is 2. The Balaban J connectivity index is 2.11. The third-order valence-corrected chi connectivity index (χ3v) is 3.89. The second-order valence-corrected chi connectivity index (χ2v) is 6.38. The molecule has 112 valence electrons. The van der Waals surface area contributed by atoms with Gasteiger partial charge in [0.15, 0.2) is 5.78 Å². The molecule has 2 rings (SSSR count). The van der Waals surface area contributed by atoms with Gasteiger partial charge in [-0.25, -0.2) is 0 Å². The van der Waals surface area contributed by atoms with Gasteiger partial charge in [-0.2, -0.15) is 0 Å². The molecule has 1 aliphatic carbocycles. The molecule has 0 radical (unpaired) electrons. The summed E-state index contributed by atoms with van der Waals surface area (Å²) >= 11 is 5.29. The first-order valence-corrected chi connectivity index (χ1v) is 7.70. The number of para-hydroxylation sites is 1. The average Bonchev–Trinajstić information content (AvgIpc) is 2.38. The average molecular weight is 303 g/mol. The third-order valence-electron chi connectivity index (χ3n) is 3.59. The summed E-state index contributed by atoms with van der Waals surface area (Å²) in [4.78, 5) is 12.6. The molecule has 0 aromatic heterocycles. The summed E-state index contributed by atoms with van der Waals surface area (Å²) in [5.41, 5.74) is 1.11. The zero-order valence-corrected chi connectivity index (χ0v) is 13.2. The van der Waals surface area contributed by atoms with Gasteiger partial charge in [0, 0.05) is 18.5 Å². The lowest BCUT2D eigenvalue weighted by Gasteiger charge is -2.25. The van der Waals surface area contributed by atoms with Crippen LogP contribution in [0.3, 0.4) is 0 Å². The summed E-state index contributed by atoms with van der Waals surface area (Å²) in [6, 6.07) is 9.44. The zero-order chi connectivity index (χ0) is 15.4. The second kappa shape index (κ2) is 6.85. The van der Waals surface area contributed by atoms with E-state index in [4.69, 9.17) is 12.2 Å². The second-order valence-electron chi connectivity index (χ2n) is 5.97. The molecule has 2 N–H and O–H groups in total. The normalized spacial score (nSPS) is 19.0. The molecular weight excluding hydrogens is 282 g/mol. The quantitative estimate of drug-likeness (QED) is 0.816. The van der Waals surface area contributed by atoms with Crippen LogP contribution in [0.4, 0.5) is 5.69 Å². The molecule has 0 unspecified atom stereocenters. The minimum atomic E-state index is -0.0576. The summed E-state index contributed by atoms with van der Waals surface area (Å²) in [7, 11) is 0. The lowest BCUT2D eigenvalue weighted by atomic mass is 9.82. The van der Waals surface area contributed by atoms with E-state index in [1.54, 1.807) is 0 Å². The third kappa shape index (κ3) is 4.14. The number of ketones is 1. The predicted octanol–water partition coefficient (Wildman–Crippen LogP) is 4.26. The predicted molar refractivity (Wildman–Crippen MR) is 89.5 cm³/mol. The van der Waals surface area contributed by atoms with Gasteiger partial charge in [0.2, 0.25) is 0 Å². The topological polar surface area (TPSA) is 49.3 Å². The van der Waals surface area contributed by atoms with Gasteiger partial charge >= 0.3 is 0 Å². The van der Waals surface area contributed by atoms with Gasteiger partial charge in [-0.15, -0.1) is 0 Å². The zero-order valence-electron chi connectivity index (χ0n) is 12.4. The Bertz CT molecular complexity index is 563. The van der Waals surface area contributed by atoms with Crippen LogP contribution in [0.5, 0.6) is 0 Å². The maximum Gasteiger partial charge on any atom is 0.169 e. The van der Waals surface area contributed by atoms with Crippen molar-refractivity contribution in [2.75, 3.05) is 5.32 Å². The first-order valence-electron chi connectivity index (χ1n) is 7.29.